The maximum atomic E-state index is 5.30. The fourth-order valence-electron chi connectivity index (χ4n) is 9.33. The van der Waals surface area contributed by atoms with Gasteiger partial charge in [0.15, 0.2) is 5.82 Å². The van der Waals surface area contributed by atoms with Crippen LogP contribution in [0.3, 0.4) is 0 Å². The summed E-state index contributed by atoms with van der Waals surface area (Å²) in [7, 11) is -2.90. The minimum atomic E-state index is -1.80. The lowest BCUT2D eigenvalue weighted by atomic mass is 9.88. The molecule has 1 aliphatic heterocycles. The highest BCUT2D eigenvalue weighted by molar-refractivity contribution is 7.03. The second-order valence-corrected chi connectivity index (χ2v) is 24.5. The van der Waals surface area contributed by atoms with Gasteiger partial charge in [0.25, 0.3) is 0 Å². The van der Waals surface area contributed by atoms with Crippen LogP contribution < -0.4 is 15.6 Å². The zero-order valence-corrected chi connectivity index (χ0v) is 37.6. The van der Waals surface area contributed by atoms with Gasteiger partial charge >= 0.3 is 0 Å². The van der Waals surface area contributed by atoms with E-state index in [2.05, 4.69) is 221 Å². The Labute approximate surface area is 363 Å². The van der Waals surface area contributed by atoms with Crippen molar-refractivity contribution in [3.8, 4) is 89.5 Å². The van der Waals surface area contributed by atoms with Gasteiger partial charge in [-0.1, -0.05) is 201 Å². The van der Waals surface area contributed by atoms with Crippen LogP contribution in [0.4, 0.5) is 0 Å². The van der Waals surface area contributed by atoms with Crippen molar-refractivity contribution in [2.45, 2.75) is 33.1 Å². The molecule has 0 N–H and O–H groups in total. The van der Waals surface area contributed by atoms with E-state index in [1.807, 2.05) is 6.07 Å². The van der Waals surface area contributed by atoms with Gasteiger partial charge < -0.3 is 0 Å². The number of fused-ring (bicyclic) bond motifs is 3. The van der Waals surface area contributed by atoms with Crippen molar-refractivity contribution < 1.29 is 0 Å². The van der Waals surface area contributed by atoms with Crippen molar-refractivity contribution in [2.75, 3.05) is 0 Å². The van der Waals surface area contributed by atoms with Crippen LogP contribution in [0.5, 0.6) is 0 Å². The van der Waals surface area contributed by atoms with E-state index >= 15 is 0 Å². The number of hydrogen-bond acceptors (Lipinski definition) is 2. The zero-order chi connectivity index (χ0) is 41.7. The first kappa shape index (κ1) is 38.5. The first-order valence-electron chi connectivity index (χ1n) is 21.4. The van der Waals surface area contributed by atoms with E-state index in [1.165, 1.54) is 76.8 Å². The van der Waals surface area contributed by atoms with E-state index in [0.717, 1.165) is 28.1 Å². The third-order valence-corrected chi connectivity index (χ3v) is 18.0. The van der Waals surface area contributed by atoms with Crippen LogP contribution in [-0.2, 0) is 0 Å². The minimum absolute atomic E-state index is 0.710. The Morgan fingerprint density at radius 2 is 0.869 bits per heavy atom. The first-order chi connectivity index (χ1) is 29.7. The maximum Gasteiger partial charge on any atom is 0.160 e. The van der Waals surface area contributed by atoms with E-state index in [1.54, 1.807) is 0 Å². The molecule has 0 aliphatic carbocycles. The predicted octanol–water partition coefficient (Wildman–Crippen LogP) is 13.0. The Bertz CT molecular complexity index is 3080. The standard InChI is InChI=1S/C57H48N2Si2/c1-38-24-25-44(34-49(38)47-20-12-14-22-54(47)60(2)3)50-36-45(30-32-46(50)43-31-33-56-51(35-43)48-21-13-15-23-55(48)61(56,4)5)53-37-52(58-57(59-53)42-18-10-7-11-19-42)41-28-26-40(27-29-41)39-16-8-6-9-17-39/h6-37,60H,1-5H3. The van der Waals surface area contributed by atoms with Gasteiger partial charge in [-0.05, 0) is 103 Å². The normalized spacial score (nSPS) is 12.6. The molecule has 2 heterocycles. The van der Waals surface area contributed by atoms with Crippen molar-refractivity contribution in [2.24, 2.45) is 0 Å². The number of nitrogens with zero attached hydrogens (tertiary/aromatic N) is 2. The van der Waals surface area contributed by atoms with Crippen LogP contribution in [0, 0.1) is 6.92 Å². The molecule has 1 aliphatic rings. The highest BCUT2D eigenvalue weighted by atomic mass is 28.3. The second kappa shape index (κ2) is 15.7. The van der Waals surface area contributed by atoms with Gasteiger partial charge in [-0.2, -0.15) is 0 Å². The van der Waals surface area contributed by atoms with Crippen LogP contribution in [0.1, 0.15) is 5.56 Å². The molecular weight excluding hydrogens is 769 g/mol. The van der Waals surface area contributed by atoms with Gasteiger partial charge in [-0.3, -0.25) is 0 Å². The topological polar surface area (TPSA) is 25.8 Å². The Morgan fingerprint density at radius 1 is 0.361 bits per heavy atom. The lowest BCUT2D eigenvalue weighted by molar-refractivity contribution is 1.18. The predicted molar refractivity (Wildman–Crippen MR) is 266 cm³/mol. The Morgan fingerprint density at radius 3 is 1.61 bits per heavy atom. The van der Waals surface area contributed by atoms with Crippen LogP contribution in [0.2, 0.25) is 26.2 Å². The van der Waals surface area contributed by atoms with Crippen LogP contribution in [0.15, 0.2) is 194 Å². The molecule has 0 spiro atoms. The summed E-state index contributed by atoms with van der Waals surface area (Å²) in [5.41, 5.74) is 18.8. The monoisotopic (exact) mass is 816 g/mol. The largest absolute Gasteiger partial charge is 0.228 e. The summed E-state index contributed by atoms with van der Waals surface area (Å²) >= 11 is 0. The summed E-state index contributed by atoms with van der Waals surface area (Å²) in [6.07, 6.45) is 0. The van der Waals surface area contributed by atoms with Crippen molar-refractivity contribution >= 4 is 32.4 Å². The molecule has 0 unspecified atom stereocenters. The van der Waals surface area contributed by atoms with Gasteiger partial charge in [0, 0.05) is 16.7 Å². The Kier molecular flexibility index (Phi) is 9.91. The van der Waals surface area contributed by atoms with E-state index in [0.29, 0.717) is 5.82 Å². The van der Waals surface area contributed by atoms with Gasteiger partial charge in [0.1, 0.15) is 8.07 Å². The van der Waals surface area contributed by atoms with Gasteiger partial charge in [0.2, 0.25) is 0 Å². The summed E-state index contributed by atoms with van der Waals surface area (Å²) in [5, 5.41) is 4.54. The lowest BCUT2D eigenvalue weighted by Crippen LogP contribution is -2.49. The molecule has 9 aromatic rings. The summed E-state index contributed by atoms with van der Waals surface area (Å²) in [6.45, 7) is 12.1. The molecule has 294 valence electrons. The van der Waals surface area contributed by atoms with Crippen LogP contribution in [0.25, 0.3) is 89.5 Å². The van der Waals surface area contributed by atoms with Crippen LogP contribution >= 0.6 is 0 Å². The number of hydrogen-bond donors (Lipinski definition) is 0. The minimum Gasteiger partial charge on any atom is -0.228 e. The number of aromatic nitrogens is 2. The molecule has 2 nitrogen and oxygen atoms in total. The average Bonchev–Trinajstić information content (AvgIpc) is 3.54. The summed E-state index contributed by atoms with van der Waals surface area (Å²) in [6, 6.07) is 71.1. The Hall–Kier alpha value is -6.73. The van der Waals surface area contributed by atoms with E-state index < -0.39 is 16.9 Å². The third-order valence-electron chi connectivity index (χ3n) is 12.7. The SMILES string of the molecule is Cc1ccc(-c2cc(-c3cc(-c4ccc(-c5ccccc5)cc4)nc(-c4ccccc4)n3)ccc2-c2ccc3c(c2)-c2ccccc2[Si]3(C)C)cc1-c1ccccc1[SiH](C)C. The molecule has 8 aromatic carbocycles. The molecule has 0 fully saturated rings. The molecule has 0 bridgehead atoms. The van der Waals surface area contributed by atoms with Crippen molar-refractivity contribution in [3.63, 3.8) is 0 Å². The second-order valence-electron chi connectivity index (χ2n) is 17.2. The molecule has 0 saturated heterocycles. The van der Waals surface area contributed by atoms with E-state index in [4.69, 9.17) is 9.97 Å². The van der Waals surface area contributed by atoms with Crippen molar-refractivity contribution in [1.29, 1.82) is 0 Å². The molecule has 10 rings (SSSR count). The highest BCUT2D eigenvalue weighted by Gasteiger charge is 2.37. The fourth-order valence-corrected chi connectivity index (χ4v) is 13.8. The molecule has 0 atom stereocenters. The fraction of sp³-hybridized carbons (Fsp3) is 0.0877. The molecule has 0 amide bonds. The number of rotatable bonds is 8. The molecular formula is C57H48N2Si2. The number of aryl methyl sites for hydroxylation is 1. The smallest absolute Gasteiger partial charge is 0.160 e. The van der Waals surface area contributed by atoms with Gasteiger partial charge in [-0.15, -0.1) is 0 Å². The average molecular weight is 817 g/mol. The van der Waals surface area contributed by atoms with Crippen LogP contribution in [-0.4, -0.2) is 26.8 Å². The first-order valence-corrected chi connectivity index (χ1v) is 27.3. The summed E-state index contributed by atoms with van der Waals surface area (Å²) in [4.78, 5) is 10.5. The lowest BCUT2D eigenvalue weighted by Gasteiger charge is -2.20. The third kappa shape index (κ3) is 7.12. The molecule has 4 heteroatoms. The maximum absolute atomic E-state index is 5.30. The van der Waals surface area contributed by atoms with Crippen molar-refractivity contribution in [1.82, 2.24) is 9.97 Å². The molecule has 61 heavy (non-hydrogen) atoms. The summed E-state index contributed by atoms with van der Waals surface area (Å²) in [5.74, 6) is 0.710. The van der Waals surface area contributed by atoms with E-state index in [9.17, 15) is 0 Å². The summed E-state index contributed by atoms with van der Waals surface area (Å²) < 4.78 is 0. The van der Waals surface area contributed by atoms with Crippen molar-refractivity contribution in [3.05, 3.63) is 200 Å². The molecule has 0 radical (unpaired) electrons. The molecule has 0 saturated carbocycles. The highest BCUT2D eigenvalue weighted by Crippen LogP contribution is 2.41. The quantitative estimate of drug-likeness (QED) is 0.143. The van der Waals surface area contributed by atoms with Gasteiger partial charge in [0.05, 0.1) is 20.2 Å². The zero-order valence-electron chi connectivity index (χ0n) is 35.4. The Balaban J connectivity index is 1.16. The van der Waals surface area contributed by atoms with E-state index in [-0.39, 0.29) is 0 Å². The van der Waals surface area contributed by atoms with Gasteiger partial charge in [-0.25, -0.2) is 9.97 Å². The molecule has 1 aromatic heterocycles. The number of benzene rings is 8.